The monoisotopic (exact) mass is 394 g/mol. The second-order valence-electron chi connectivity index (χ2n) is 5.61. The van der Waals surface area contributed by atoms with Gasteiger partial charge in [-0.05, 0) is 18.9 Å². The van der Waals surface area contributed by atoms with Gasteiger partial charge in [0, 0.05) is 21.8 Å². The van der Waals surface area contributed by atoms with E-state index in [0.29, 0.717) is 11.2 Å². The first-order chi connectivity index (χ1) is 11.2. The van der Waals surface area contributed by atoms with Gasteiger partial charge < -0.3 is 9.90 Å². The van der Waals surface area contributed by atoms with Crippen LogP contribution in [0.25, 0.3) is 11.4 Å². The molecule has 0 radical (unpaired) electrons. The lowest BCUT2D eigenvalue weighted by Crippen LogP contribution is -2.24. The molecule has 0 spiro atoms. The van der Waals surface area contributed by atoms with Gasteiger partial charge in [-0.1, -0.05) is 65.2 Å². The number of carbonyl (C=O) groups excluding carboxylic acids is 1. The summed E-state index contributed by atoms with van der Waals surface area (Å²) in [6.45, 7) is 0. The minimum atomic E-state index is -1.09. The van der Waals surface area contributed by atoms with Gasteiger partial charge in [-0.25, -0.2) is 0 Å². The van der Waals surface area contributed by atoms with Crippen LogP contribution >= 0.6 is 27.7 Å². The minimum Gasteiger partial charge on any atom is -0.549 e. The molecule has 1 heterocycles. The number of benzene rings is 1. The number of carboxylic acids is 1. The second-order valence-corrected chi connectivity index (χ2v) is 7.41. The Morgan fingerprint density at radius 1 is 1.26 bits per heavy atom. The van der Waals surface area contributed by atoms with Crippen molar-refractivity contribution in [1.29, 1.82) is 0 Å². The topological polar surface area (TPSA) is 70.8 Å². The summed E-state index contributed by atoms with van der Waals surface area (Å²) in [6, 6.07) is 8.23. The molecule has 1 aliphatic rings. The molecule has 0 aliphatic heterocycles. The van der Waals surface area contributed by atoms with Gasteiger partial charge in [0.1, 0.15) is 0 Å². The van der Waals surface area contributed by atoms with E-state index in [1.165, 1.54) is 31.0 Å². The quantitative estimate of drug-likeness (QED) is 0.728. The Morgan fingerprint density at radius 2 is 2.00 bits per heavy atom. The highest BCUT2D eigenvalue weighted by Crippen LogP contribution is 2.37. The maximum absolute atomic E-state index is 10.8. The lowest BCUT2D eigenvalue weighted by atomic mass is 9.95. The zero-order valence-corrected chi connectivity index (χ0v) is 15.0. The molecule has 0 saturated heterocycles. The molecule has 1 aromatic carbocycles. The van der Waals surface area contributed by atoms with E-state index in [4.69, 9.17) is 0 Å². The SMILES string of the molecule is O=C([O-])CSc1nnc(-c2ccccc2Br)n1C1CCCCC1. The van der Waals surface area contributed by atoms with E-state index >= 15 is 0 Å². The third-order valence-electron chi connectivity index (χ3n) is 4.04. The molecule has 3 rings (SSSR count). The highest BCUT2D eigenvalue weighted by Gasteiger charge is 2.24. The predicted molar refractivity (Wildman–Crippen MR) is 91.0 cm³/mol. The smallest absolute Gasteiger partial charge is 0.192 e. The van der Waals surface area contributed by atoms with Gasteiger partial charge in [-0.3, -0.25) is 4.57 Å². The number of halogens is 1. The van der Waals surface area contributed by atoms with Crippen molar-refractivity contribution < 1.29 is 9.90 Å². The average molecular weight is 395 g/mol. The van der Waals surface area contributed by atoms with Crippen molar-refractivity contribution in [3.8, 4) is 11.4 Å². The molecule has 7 heteroatoms. The largest absolute Gasteiger partial charge is 0.549 e. The first-order valence-corrected chi connectivity index (χ1v) is 9.47. The summed E-state index contributed by atoms with van der Waals surface area (Å²) in [6.07, 6.45) is 5.78. The van der Waals surface area contributed by atoms with Crippen molar-refractivity contribution in [1.82, 2.24) is 14.8 Å². The number of carbonyl (C=O) groups is 1. The van der Waals surface area contributed by atoms with Gasteiger partial charge in [0.05, 0.1) is 5.97 Å². The number of thioether (sulfide) groups is 1. The van der Waals surface area contributed by atoms with Crippen molar-refractivity contribution in [2.75, 3.05) is 5.75 Å². The number of nitrogens with zero attached hydrogens (tertiary/aromatic N) is 3. The normalized spacial score (nSPS) is 15.7. The van der Waals surface area contributed by atoms with Gasteiger partial charge in [0.25, 0.3) is 0 Å². The molecule has 2 aromatic rings. The molecule has 122 valence electrons. The van der Waals surface area contributed by atoms with Gasteiger partial charge in [0.2, 0.25) is 0 Å². The summed E-state index contributed by atoms with van der Waals surface area (Å²) in [5.74, 6) is -0.401. The Balaban J connectivity index is 2.01. The number of hydrogen-bond donors (Lipinski definition) is 0. The maximum Gasteiger partial charge on any atom is 0.192 e. The lowest BCUT2D eigenvalue weighted by Gasteiger charge is -2.25. The van der Waals surface area contributed by atoms with Crippen LogP contribution in [0.2, 0.25) is 0 Å². The van der Waals surface area contributed by atoms with Crippen LogP contribution in [0.15, 0.2) is 33.9 Å². The molecule has 1 aromatic heterocycles. The van der Waals surface area contributed by atoms with Crippen molar-refractivity contribution in [2.24, 2.45) is 0 Å². The van der Waals surface area contributed by atoms with Crippen LogP contribution in [-0.4, -0.2) is 26.5 Å². The van der Waals surface area contributed by atoms with Gasteiger partial charge in [-0.15, -0.1) is 10.2 Å². The number of aromatic nitrogens is 3. The van der Waals surface area contributed by atoms with Gasteiger partial charge >= 0.3 is 0 Å². The number of carboxylic acid groups (broad SMARTS) is 1. The Labute approximate surface area is 147 Å². The second kappa shape index (κ2) is 7.49. The fourth-order valence-electron chi connectivity index (χ4n) is 2.99. The van der Waals surface area contributed by atoms with Crippen molar-refractivity contribution in [3.05, 3.63) is 28.7 Å². The Morgan fingerprint density at radius 3 is 2.70 bits per heavy atom. The molecule has 0 unspecified atom stereocenters. The van der Waals surface area contributed by atoms with Crippen LogP contribution in [0.4, 0.5) is 0 Å². The number of rotatable bonds is 5. The summed E-state index contributed by atoms with van der Waals surface area (Å²) in [5, 5.41) is 20.0. The average Bonchev–Trinajstić information content (AvgIpc) is 2.98. The molecule has 5 nitrogen and oxygen atoms in total. The van der Waals surface area contributed by atoms with E-state index in [0.717, 1.165) is 28.7 Å². The Bertz CT molecular complexity index is 698. The van der Waals surface area contributed by atoms with E-state index in [1.54, 1.807) is 0 Å². The molecule has 0 N–H and O–H groups in total. The molecular formula is C16H17BrN3O2S-. The summed E-state index contributed by atoms with van der Waals surface area (Å²) in [5.41, 5.74) is 0.978. The van der Waals surface area contributed by atoms with Crippen LogP contribution < -0.4 is 5.11 Å². The van der Waals surface area contributed by atoms with Crippen LogP contribution in [0.5, 0.6) is 0 Å². The van der Waals surface area contributed by atoms with E-state index < -0.39 is 5.97 Å². The summed E-state index contributed by atoms with van der Waals surface area (Å²) in [7, 11) is 0. The van der Waals surface area contributed by atoms with Crippen LogP contribution in [0.3, 0.4) is 0 Å². The maximum atomic E-state index is 10.8. The van der Waals surface area contributed by atoms with Crippen LogP contribution in [0, 0.1) is 0 Å². The van der Waals surface area contributed by atoms with E-state index in [9.17, 15) is 9.90 Å². The summed E-state index contributed by atoms with van der Waals surface area (Å²) in [4.78, 5) is 10.8. The minimum absolute atomic E-state index is 0.110. The highest BCUT2D eigenvalue weighted by molar-refractivity contribution is 9.10. The van der Waals surface area contributed by atoms with E-state index in [2.05, 4.69) is 30.7 Å². The highest BCUT2D eigenvalue weighted by atomic mass is 79.9. The fraction of sp³-hybridized carbons (Fsp3) is 0.438. The molecule has 1 fully saturated rings. The first kappa shape index (κ1) is 16.5. The third kappa shape index (κ3) is 3.77. The zero-order chi connectivity index (χ0) is 16.2. The fourth-order valence-corrected chi connectivity index (χ4v) is 4.18. The van der Waals surface area contributed by atoms with Crippen LogP contribution in [0.1, 0.15) is 38.1 Å². The lowest BCUT2D eigenvalue weighted by molar-refractivity contribution is -0.301. The molecule has 0 bridgehead atoms. The van der Waals surface area contributed by atoms with E-state index in [-0.39, 0.29) is 5.75 Å². The molecule has 23 heavy (non-hydrogen) atoms. The van der Waals surface area contributed by atoms with Gasteiger partial charge in [-0.2, -0.15) is 0 Å². The molecular weight excluding hydrogens is 378 g/mol. The third-order valence-corrected chi connectivity index (χ3v) is 5.65. The van der Waals surface area contributed by atoms with Crippen molar-refractivity contribution in [2.45, 2.75) is 43.3 Å². The molecule has 0 atom stereocenters. The van der Waals surface area contributed by atoms with Crippen molar-refractivity contribution >= 4 is 33.7 Å². The summed E-state index contributed by atoms with van der Waals surface area (Å²) < 4.78 is 3.08. The Kier molecular flexibility index (Phi) is 5.38. The van der Waals surface area contributed by atoms with Crippen LogP contribution in [-0.2, 0) is 4.79 Å². The molecule has 0 amide bonds. The van der Waals surface area contributed by atoms with Crippen molar-refractivity contribution in [3.63, 3.8) is 0 Å². The number of hydrogen-bond acceptors (Lipinski definition) is 5. The number of aliphatic carboxylic acids is 1. The molecule has 1 aliphatic carbocycles. The van der Waals surface area contributed by atoms with Gasteiger partial charge in [0.15, 0.2) is 11.0 Å². The standard InChI is InChI=1S/C16H18BrN3O2S/c17-13-9-5-4-8-12(13)15-18-19-16(23-10-14(21)22)20(15)11-6-2-1-3-7-11/h4-5,8-9,11H,1-3,6-7,10H2,(H,21,22)/p-1. The Hall–Kier alpha value is -1.34. The zero-order valence-electron chi connectivity index (χ0n) is 12.6. The first-order valence-electron chi connectivity index (χ1n) is 7.69. The molecule has 1 saturated carbocycles. The predicted octanol–water partition coefficient (Wildman–Crippen LogP) is 3.05. The van der Waals surface area contributed by atoms with E-state index in [1.807, 2.05) is 24.3 Å². The summed E-state index contributed by atoms with van der Waals surface area (Å²) >= 11 is 4.75.